The van der Waals surface area contributed by atoms with E-state index in [9.17, 15) is 9.59 Å². The maximum Gasteiger partial charge on any atom is 0.411 e. The molecule has 0 spiro atoms. The third-order valence-corrected chi connectivity index (χ3v) is 5.18. The Hall–Kier alpha value is -3.29. The molecule has 3 rings (SSSR count). The first kappa shape index (κ1) is 20.4. The van der Waals surface area contributed by atoms with Crippen LogP contribution in [-0.2, 0) is 15.1 Å². The first-order chi connectivity index (χ1) is 13.9. The molecule has 1 heterocycles. The highest BCUT2D eigenvalue weighted by molar-refractivity contribution is 5.84. The molecule has 29 heavy (non-hydrogen) atoms. The lowest BCUT2D eigenvalue weighted by molar-refractivity contribution is -0.128. The molecular weight excluding hydrogens is 379 g/mol. The van der Waals surface area contributed by atoms with Crippen LogP contribution in [0.25, 0.3) is 0 Å². The van der Waals surface area contributed by atoms with Crippen LogP contribution in [0, 0.1) is 0 Å². The van der Waals surface area contributed by atoms with E-state index in [0.717, 1.165) is 4.90 Å². The number of carbonyl (C=O) groups excluding carboxylic acids is 2. The summed E-state index contributed by atoms with van der Waals surface area (Å²) in [6, 6.07) is 12.3. The van der Waals surface area contributed by atoms with Crippen molar-refractivity contribution < 1.29 is 28.2 Å². The van der Waals surface area contributed by atoms with E-state index in [1.54, 1.807) is 48.5 Å². The van der Waals surface area contributed by atoms with Crippen LogP contribution in [-0.4, -0.2) is 57.4 Å². The lowest BCUT2D eigenvalue weighted by Gasteiger charge is -2.36. The Morgan fingerprint density at radius 2 is 1.52 bits per heavy atom. The van der Waals surface area contributed by atoms with Crippen LogP contribution < -0.4 is 14.8 Å². The minimum absolute atomic E-state index is 0.512. The van der Waals surface area contributed by atoms with Gasteiger partial charge in [-0.15, -0.1) is 0 Å². The first-order valence-corrected chi connectivity index (χ1v) is 8.99. The van der Waals surface area contributed by atoms with Crippen molar-refractivity contribution in [3.63, 3.8) is 0 Å². The zero-order chi connectivity index (χ0) is 21.2. The minimum atomic E-state index is -2.03. The molecule has 2 aromatic carbocycles. The molecule has 1 fully saturated rings. The molecule has 1 aliphatic rings. The number of halogens is 1. The molecule has 7 nitrogen and oxygen atoms in total. The first-order valence-electron chi connectivity index (χ1n) is 8.99. The van der Waals surface area contributed by atoms with E-state index in [4.69, 9.17) is 14.2 Å². The molecule has 0 saturated carbocycles. The average Bonchev–Trinajstić information content (AvgIpc) is 3.04. The number of alkyl halides is 1. The van der Waals surface area contributed by atoms with Crippen LogP contribution in [0.3, 0.4) is 0 Å². The normalized spacial score (nSPS) is 18.7. The van der Waals surface area contributed by atoms with Gasteiger partial charge in [0.1, 0.15) is 17.5 Å². The Morgan fingerprint density at radius 3 is 1.90 bits per heavy atom. The molecular formula is C21H23FN2O5. The van der Waals surface area contributed by atoms with Gasteiger partial charge in [-0.05, 0) is 24.3 Å². The van der Waals surface area contributed by atoms with Crippen LogP contribution in [0.15, 0.2) is 48.5 Å². The van der Waals surface area contributed by atoms with Gasteiger partial charge < -0.3 is 19.5 Å². The SMILES string of the molecule is CNC(=O)[C@@H](F)[C@@H]1N(C)C(=O)OC1(c1ccc(OC)cc1)c1ccc(OC)cc1. The number of hydrogen-bond donors (Lipinski definition) is 1. The number of amides is 2. The van der Waals surface area contributed by atoms with Crippen molar-refractivity contribution in [3.05, 3.63) is 59.7 Å². The molecule has 0 radical (unpaired) electrons. The van der Waals surface area contributed by atoms with E-state index >= 15 is 4.39 Å². The molecule has 2 aromatic rings. The molecule has 8 heteroatoms. The van der Waals surface area contributed by atoms with Gasteiger partial charge in [-0.2, -0.15) is 0 Å². The van der Waals surface area contributed by atoms with E-state index in [0.29, 0.717) is 22.6 Å². The van der Waals surface area contributed by atoms with Crippen molar-refractivity contribution >= 4 is 12.0 Å². The van der Waals surface area contributed by atoms with Gasteiger partial charge in [0.05, 0.1) is 14.2 Å². The largest absolute Gasteiger partial charge is 0.497 e. The molecule has 0 unspecified atom stereocenters. The summed E-state index contributed by atoms with van der Waals surface area (Å²) >= 11 is 0. The summed E-state index contributed by atoms with van der Waals surface area (Å²) < 4.78 is 31.5. The summed E-state index contributed by atoms with van der Waals surface area (Å²) in [4.78, 5) is 25.9. The summed E-state index contributed by atoms with van der Waals surface area (Å²) in [5.41, 5.74) is -0.522. The Kier molecular flexibility index (Phi) is 5.63. The van der Waals surface area contributed by atoms with Crippen LogP contribution in [0.1, 0.15) is 11.1 Å². The molecule has 2 amide bonds. The van der Waals surface area contributed by atoms with Crippen LogP contribution in [0.4, 0.5) is 9.18 Å². The van der Waals surface area contributed by atoms with E-state index in [2.05, 4.69) is 5.32 Å². The number of nitrogens with one attached hydrogen (secondary N) is 1. The van der Waals surface area contributed by atoms with Gasteiger partial charge >= 0.3 is 6.09 Å². The number of methoxy groups -OCH3 is 2. The maximum absolute atomic E-state index is 15.3. The zero-order valence-corrected chi connectivity index (χ0v) is 16.6. The Balaban J connectivity index is 2.24. The predicted molar refractivity (Wildman–Crippen MR) is 104 cm³/mol. The second kappa shape index (κ2) is 7.98. The van der Waals surface area contributed by atoms with Gasteiger partial charge in [0.15, 0.2) is 5.60 Å². The number of likely N-dealkylation sites (N-methyl/N-ethyl adjacent to an activating group) is 1. The van der Waals surface area contributed by atoms with Crippen LogP contribution in [0.2, 0.25) is 0 Å². The second-order valence-electron chi connectivity index (χ2n) is 6.63. The maximum atomic E-state index is 15.3. The van der Waals surface area contributed by atoms with Crippen molar-refractivity contribution in [2.24, 2.45) is 0 Å². The smallest absolute Gasteiger partial charge is 0.411 e. The summed E-state index contributed by atoms with van der Waals surface area (Å²) in [6.07, 6.45) is -2.76. The fraction of sp³-hybridized carbons (Fsp3) is 0.333. The molecule has 1 saturated heterocycles. The third-order valence-electron chi connectivity index (χ3n) is 5.18. The van der Waals surface area contributed by atoms with Crippen molar-refractivity contribution in [2.45, 2.75) is 17.8 Å². The van der Waals surface area contributed by atoms with Crippen LogP contribution in [0.5, 0.6) is 11.5 Å². The van der Waals surface area contributed by atoms with Crippen molar-refractivity contribution in [1.82, 2.24) is 10.2 Å². The van der Waals surface area contributed by atoms with E-state index in [1.165, 1.54) is 28.3 Å². The number of hydrogen-bond acceptors (Lipinski definition) is 5. The number of ether oxygens (including phenoxy) is 3. The molecule has 154 valence electrons. The van der Waals surface area contributed by atoms with Gasteiger partial charge in [0.2, 0.25) is 6.17 Å². The van der Waals surface area contributed by atoms with Crippen molar-refractivity contribution in [3.8, 4) is 11.5 Å². The Labute approximate surface area is 168 Å². The third kappa shape index (κ3) is 3.35. The highest BCUT2D eigenvalue weighted by Gasteiger charge is 2.60. The van der Waals surface area contributed by atoms with Crippen molar-refractivity contribution in [2.75, 3.05) is 28.3 Å². The minimum Gasteiger partial charge on any atom is -0.497 e. The molecule has 1 N–H and O–H groups in total. The van der Waals surface area contributed by atoms with Crippen LogP contribution >= 0.6 is 0 Å². The van der Waals surface area contributed by atoms with Gasteiger partial charge in [0, 0.05) is 25.2 Å². The van der Waals surface area contributed by atoms with Gasteiger partial charge in [-0.25, -0.2) is 9.18 Å². The summed E-state index contributed by atoms with van der Waals surface area (Å²) in [5, 5.41) is 2.31. The monoisotopic (exact) mass is 402 g/mol. The Morgan fingerprint density at radius 1 is 1.07 bits per heavy atom. The standard InChI is InChI=1S/C21H23FN2O5/c1-23-19(25)17(22)18-21(29-20(26)24(18)2,13-5-9-15(27-3)10-6-13)14-7-11-16(28-4)12-8-14/h5-12,17-18H,1-4H3,(H,23,25)/t17-,18-/m0/s1. The summed E-state index contributed by atoms with van der Waals surface area (Å²) in [5.74, 6) is 0.346. The fourth-order valence-electron chi connectivity index (χ4n) is 3.64. The number of cyclic esters (lactones) is 1. The van der Waals surface area contributed by atoms with Gasteiger partial charge in [-0.1, -0.05) is 24.3 Å². The number of rotatable bonds is 6. The fourth-order valence-corrected chi connectivity index (χ4v) is 3.64. The van der Waals surface area contributed by atoms with E-state index in [-0.39, 0.29) is 0 Å². The molecule has 2 atom stereocenters. The summed E-state index contributed by atoms with van der Waals surface area (Å²) in [7, 11) is 5.82. The molecule has 1 aliphatic heterocycles. The lowest BCUT2D eigenvalue weighted by Crippen LogP contribution is -2.53. The lowest BCUT2D eigenvalue weighted by atomic mass is 9.78. The van der Waals surface area contributed by atoms with Gasteiger partial charge in [0.25, 0.3) is 5.91 Å². The quantitative estimate of drug-likeness (QED) is 0.803. The van der Waals surface area contributed by atoms with Crippen molar-refractivity contribution in [1.29, 1.82) is 0 Å². The van der Waals surface area contributed by atoms with E-state index < -0.39 is 29.8 Å². The summed E-state index contributed by atoms with van der Waals surface area (Å²) in [6.45, 7) is 0. The average molecular weight is 402 g/mol. The molecule has 0 aromatic heterocycles. The number of carbonyl (C=O) groups is 2. The topological polar surface area (TPSA) is 77.1 Å². The molecule has 0 aliphatic carbocycles. The Bertz CT molecular complexity index is 837. The van der Waals surface area contributed by atoms with E-state index in [1.807, 2.05) is 0 Å². The highest BCUT2D eigenvalue weighted by atomic mass is 19.1. The second-order valence-corrected chi connectivity index (χ2v) is 6.63. The number of benzene rings is 2. The van der Waals surface area contributed by atoms with Gasteiger partial charge in [-0.3, -0.25) is 9.69 Å². The number of nitrogens with zero attached hydrogens (tertiary/aromatic N) is 1. The molecule has 0 bridgehead atoms. The zero-order valence-electron chi connectivity index (χ0n) is 16.6. The highest BCUT2D eigenvalue weighted by Crippen LogP contribution is 2.46. The predicted octanol–water partition coefficient (Wildman–Crippen LogP) is 2.48.